The van der Waals surface area contributed by atoms with Gasteiger partial charge in [-0.25, -0.2) is 9.78 Å². The minimum absolute atomic E-state index is 0.120. The second kappa shape index (κ2) is 6.33. The van der Waals surface area contributed by atoms with E-state index in [0.29, 0.717) is 24.0 Å². The van der Waals surface area contributed by atoms with Crippen LogP contribution in [0.2, 0.25) is 5.02 Å². The summed E-state index contributed by atoms with van der Waals surface area (Å²) in [5, 5.41) is 3.46. The van der Waals surface area contributed by atoms with Crippen molar-refractivity contribution < 1.29 is 4.79 Å². The zero-order chi connectivity index (χ0) is 14.7. The van der Waals surface area contributed by atoms with Gasteiger partial charge in [0.05, 0.1) is 16.9 Å². The highest BCUT2D eigenvalue weighted by atomic mass is 35.5. The number of urea groups is 1. The fraction of sp³-hybridized carbons (Fsp3) is 0.385. The molecule has 2 rings (SSSR count). The lowest BCUT2D eigenvalue weighted by Gasteiger charge is -2.13. The van der Waals surface area contributed by atoms with Gasteiger partial charge < -0.3 is 14.8 Å². The van der Waals surface area contributed by atoms with Crippen molar-refractivity contribution in [2.24, 2.45) is 0 Å². The third kappa shape index (κ3) is 3.16. The number of carbonyl (C=O) groups excluding carboxylic acids is 1. The third-order valence-electron chi connectivity index (χ3n) is 2.93. The summed E-state index contributed by atoms with van der Waals surface area (Å²) in [5.41, 5.74) is 1.77. The molecular weight excluding hydrogens is 299 g/mol. The number of aromatic nitrogens is 2. The quantitative estimate of drug-likeness (QED) is 0.882. The van der Waals surface area contributed by atoms with E-state index in [2.05, 4.69) is 10.3 Å². The highest BCUT2D eigenvalue weighted by Gasteiger charge is 2.10. The van der Waals surface area contributed by atoms with Crippen LogP contribution in [0.25, 0.3) is 11.0 Å². The predicted molar refractivity (Wildman–Crippen MR) is 81.4 cm³/mol. The van der Waals surface area contributed by atoms with Crippen molar-refractivity contribution in [3.63, 3.8) is 0 Å². The average molecular weight is 315 g/mol. The molecule has 1 aromatic carbocycles. The molecule has 0 unspecified atom stereocenters. The molecule has 20 heavy (non-hydrogen) atoms. The molecule has 5 nitrogen and oxygen atoms in total. The van der Waals surface area contributed by atoms with Crippen molar-refractivity contribution in [3.05, 3.63) is 29.0 Å². The topological polar surface area (TPSA) is 50.2 Å². The van der Waals surface area contributed by atoms with E-state index in [9.17, 15) is 4.79 Å². The summed E-state index contributed by atoms with van der Waals surface area (Å²) in [6.45, 7) is 1.12. The normalized spacial score (nSPS) is 10.8. The number of alkyl halides is 1. The van der Waals surface area contributed by atoms with E-state index >= 15 is 0 Å². The first-order valence-corrected chi connectivity index (χ1v) is 7.10. The number of carbonyl (C=O) groups is 1. The number of fused-ring (bicyclic) bond motifs is 1. The largest absolute Gasteiger partial charge is 0.336 e. The lowest BCUT2D eigenvalue weighted by Crippen LogP contribution is -2.36. The SMILES string of the molecule is CN(C)C(=O)NCCn1c(CCl)nc2cc(Cl)ccc21. The summed E-state index contributed by atoms with van der Waals surface area (Å²) < 4.78 is 1.99. The third-order valence-corrected chi connectivity index (χ3v) is 3.40. The molecule has 2 amide bonds. The van der Waals surface area contributed by atoms with Crippen LogP contribution >= 0.6 is 23.2 Å². The van der Waals surface area contributed by atoms with Crippen molar-refractivity contribution in [1.29, 1.82) is 0 Å². The molecule has 1 aromatic heterocycles. The molecule has 0 saturated heterocycles. The molecule has 0 saturated carbocycles. The molecular formula is C13H16Cl2N4O. The Hall–Kier alpha value is -1.46. The van der Waals surface area contributed by atoms with Crippen LogP contribution in [0.4, 0.5) is 4.79 Å². The fourth-order valence-electron chi connectivity index (χ4n) is 1.94. The van der Waals surface area contributed by atoms with Gasteiger partial charge in [-0.05, 0) is 18.2 Å². The second-order valence-corrected chi connectivity index (χ2v) is 5.28. The Labute approximate surface area is 127 Å². The Kier molecular flexibility index (Phi) is 4.73. The van der Waals surface area contributed by atoms with Gasteiger partial charge >= 0.3 is 6.03 Å². The zero-order valence-corrected chi connectivity index (χ0v) is 12.9. The molecule has 0 spiro atoms. The summed E-state index contributed by atoms with van der Waals surface area (Å²) in [5.74, 6) is 1.08. The van der Waals surface area contributed by atoms with Crippen LogP contribution in [-0.2, 0) is 12.4 Å². The van der Waals surface area contributed by atoms with Crippen LogP contribution in [0.3, 0.4) is 0 Å². The first-order chi connectivity index (χ1) is 9.52. The summed E-state index contributed by atoms with van der Waals surface area (Å²) in [7, 11) is 3.41. The highest BCUT2D eigenvalue weighted by Crippen LogP contribution is 2.21. The Morgan fingerprint density at radius 3 is 2.85 bits per heavy atom. The van der Waals surface area contributed by atoms with Gasteiger partial charge in [-0.2, -0.15) is 0 Å². The minimum atomic E-state index is -0.120. The molecule has 0 radical (unpaired) electrons. The van der Waals surface area contributed by atoms with Gasteiger partial charge in [0.25, 0.3) is 0 Å². The smallest absolute Gasteiger partial charge is 0.316 e. The average Bonchev–Trinajstić information content (AvgIpc) is 2.75. The van der Waals surface area contributed by atoms with E-state index in [4.69, 9.17) is 23.2 Å². The van der Waals surface area contributed by atoms with Gasteiger partial charge in [0.1, 0.15) is 5.82 Å². The fourth-order valence-corrected chi connectivity index (χ4v) is 2.31. The molecule has 0 atom stereocenters. The number of nitrogens with one attached hydrogen (secondary N) is 1. The summed E-state index contributed by atoms with van der Waals surface area (Å²) in [6.07, 6.45) is 0. The van der Waals surface area contributed by atoms with E-state index in [0.717, 1.165) is 16.9 Å². The molecule has 0 bridgehead atoms. The van der Waals surface area contributed by atoms with Crippen LogP contribution < -0.4 is 5.32 Å². The van der Waals surface area contributed by atoms with Crippen LogP contribution in [0, 0.1) is 0 Å². The van der Waals surface area contributed by atoms with E-state index in [1.165, 1.54) is 4.90 Å². The van der Waals surface area contributed by atoms with Crippen molar-refractivity contribution in [2.45, 2.75) is 12.4 Å². The van der Waals surface area contributed by atoms with Gasteiger partial charge in [-0.3, -0.25) is 0 Å². The maximum atomic E-state index is 11.5. The number of hydrogen-bond donors (Lipinski definition) is 1. The van der Waals surface area contributed by atoms with Gasteiger partial charge in [-0.1, -0.05) is 11.6 Å². The highest BCUT2D eigenvalue weighted by molar-refractivity contribution is 6.31. The van der Waals surface area contributed by atoms with E-state index in [1.807, 2.05) is 22.8 Å². The van der Waals surface area contributed by atoms with E-state index < -0.39 is 0 Å². The number of nitrogens with zero attached hydrogens (tertiary/aromatic N) is 3. The Morgan fingerprint density at radius 1 is 1.45 bits per heavy atom. The maximum absolute atomic E-state index is 11.5. The van der Waals surface area contributed by atoms with Crippen LogP contribution in [0.15, 0.2) is 18.2 Å². The summed E-state index contributed by atoms with van der Waals surface area (Å²) >= 11 is 11.9. The van der Waals surface area contributed by atoms with Crippen molar-refractivity contribution in [2.75, 3.05) is 20.6 Å². The number of imidazole rings is 1. The van der Waals surface area contributed by atoms with Crippen LogP contribution in [0.1, 0.15) is 5.82 Å². The molecule has 0 aliphatic heterocycles. The van der Waals surface area contributed by atoms with E-state index in [1.54, 1.807) is 14.1 Å². The monoisotopic (exact) mass is 314 g/mol. The number of hydrogen-bond acceptors (Lipinski definition) is 2. The predicted octanol–water partition coefficient (Wildman–Crippen LogP) is 2.70. The number of rotatable bonds is 4. The molecule has 0 fully saturated rings. The molecule has 7 heteroatoms. The first kappa shape index (κ1) is 14.9. The Morgan fingerprint density at radius 2 is 2.20 bits per heavy atom. The van der Waals surface area contributed by atoms with Gasteiger partial charge in [0, 0.05) is 32.2 Å². The van der Waals surface area contributed by atoms with Crippen LogP contribution in [0.5, 0.6) is 0 Å². The lowest BCUT2D eigenvalue weighted by atomic mass is 10.3. The Balaban J connectivity index is 2.18. The summed E-state index contributed by atoms with van der Waals surface area (Å²) in [4.78, 5) is 17.4. The molecule has 1 N–H and O–H groups in total. The molecule has 0 aliphatic rings. The Bertz CT molecular complexity index is 624. The number of benzene rings is 1. The van der Waals surface area contributed by atoms with Crippen molar-refractivity contribution in [1.82, 2.24) is 19.8 Å². The lowest BCUT2D eigenvalue weighted by molar-refractivity contribution is 0.217. The van der Waals surface area contributed by atoms with Gasteiger partial charge in [-0.15, -0.1) is 11.6 Å². The molecule has 0 aliphatic carbocycles. The maximum Gasteiger partial charge on any atom is 0.316 e. The van der Waals surface area contributed by atoms with Gasteiger partial charge in [0.2, 0.25) is 0 Å². The molecule has 2 aromatic rings. The van der Waals surface area contributed by atoms with Gasteiger partial charge in [0.15, 0.2) is 0 Å². The van der Waals surface area contributed by atoms with Crippen LogP contribution in [-0.4, -0.2) is 41.1 Å². The van der Waals surface area contributed by atoms with Crippen molar-refractivity contribution in [3.8, 4) is 0 Å². The number of halogens is 2. The standard InChI is InChI=1S/C13H16Cl2N4O/c1-18(2)13(20)16-5-6-19-11-4-3-9(15)7-10(11)17-12(19)8-14/h3-4,7H,5-6,8H2,1-2H3,(H,16,20). The second-order valence-electron chi connectivity index (χ2n) is 4.57. The zero-order valence-electron chi connectivity index (χ0n) is 11.4. The first-order valence-electron chi connectivity index (χ1n) is 6.18. The molecule has 108 valence electrons. The summed E-state index contributed by atoms with van der Waals surface area (Å²) in [6, 6.07) is 5.42. The number of amides is 2. The minimum Gasteiger partial charge on any atom is -0.336 e. The van der Waals surface area contributed by atoms with Crippen molar-refractivity contribution >= 4 is 40.3 Å². The van der Waals surface area contributed by atoms with E-state index in [-0.39, 0.29) is 6.03 Å². The molecule has 1 heterocycles.